The van der Waals surface area contributed by atoms with E-state index in [4.69, 9.17) is 16.3 Å². The van der Waals surface area contributed by atoms with Crippen molar-refractivity contribution in [2.75, 3.05) is 6.61 Å². The quantitative estimate of drug-likeness (QED) is 0.763. The Morgan fingerprint density at radius 3 is 2.60 bits per heavy atom. The topological polar surface area (TPSA) is 35.0 Å². The van der Waals surface area contributed by atoms with Crippen molar-refractivity contribution in [1.29, 1.82) is 0 Å². The van der Waals surface area contributed by atoms with Crippen LogP contribution in [0.2, 0.25) is 4.47 Å². The number of hydrogen-bond acceptors (Lipinski definition) is 4. The van der Waals surface area contributed by atoms with E-state index in [0.29, 0.717) is 9.47 Å². The number of rotatable bonds is 5. The molecule has 0 radical (unpaired) electrons. The maximum absolute atomic E-state index is 11.7. The van der Waals surface area contributed by atoms with Gasteiger partial charge in [0, 0.05) is 13.0 Å². The molecule has 0 aliphatic carbocycles. The van der Waals surface area contributed by atoms with E-state index in [1.807, 2.05) is 0 Å². The molecule has 0 aromatic carbocycles. The maximum atomic E-state index is 11.7. The third-order valence-corrected chi connectivity index (χ3v) is 2.41. The average Bonchev–Trinajstić information content (AvgIpc) is 2.49. The Kier molecular flexibility index (Phi) is 4.75. The van der Waals surface area contributed by atoms with Crippen LogP contribution < -0.4 is 0 Å². The van der Waals surface area contributed by atoms with E-state index in [1.165, 1.54) is 0 Å². The second kappa shape index (κ2) is 5.62. The van der Waals surface area contributed by atoms with Crippen LogP contribution in [0.25, 0.3) is 0 Å². The van der Waals surface area contributed by atoms with Crippen LogP contribution in [0.4, 0.5) is 13.2 Å². The van der Waals surface area contributed by atoms with Crippen molar-refractivity contribution in [1.82, 2.24) is 10.2 Å². The predicted molar refractivity (Wildman–Crippen MR) is 49.9 cm³/mol. The lowest BCUT2D eigenvalue weighted by Gasteiger charge is -2.05. The average molecular weight is 261 g/mol. The highest BCUT2D eigenvalue weighted by Gasteiger charge is 2.25. The number of ether oxygens (including phenoxy) is 1. The first-order valence-corrected chi connectivity index (χ1v) is 5.29. The summed E-state index contributed by atoms with van der Waals surface area (Å²) >= 11 is 6.65. The van der Waals surface area contributed by atoms with Gasteiger partial charge in [0.1, 0.15) is 11.6 Å². The zero-order valence-electron chi connectivity index (χ0n) is 7.55. The molecule has 86 valence electrons. The number of alkyl halides is 3. The van der Waals surface area contributed by atoms with Crippen LogP contribution in [0.1, 0.15) is 17.8 Å². The molecule has 0 atom stereocenters. The van der Waals surface area contributed by atoms with Gasteiger partial charge in [-0.25, -0.2) is 0 Å². The first-order valence-electron chi connectivity index (χ1n) is 4.10. The first kappa shape index (κ1) is 12.7. The molecular weight excluding hydrogens is 253 g/mol. The lowest BCUT2D eigenvalue weighted by molar-refractivity contribution is -0.138. The summed E-state index contributed by atoms with van der Waals surface area (Å²) in [5.41, 5.74) is 0. The van der Waals surface area contributed by atoms with E-state index in [0.717, 1.165) is 11.3 Å². The Hall–Kier alpha value is -0.400. The summed E-state index contributed by atoms with van der Waals surface area (Å²) in [5, 5.41) is 7.74. The zero-order valence-corrected chi connectivity index (χ0v) is 9.12. The fourth-order valence-electron chi connectivity index (χ4n) is 0.826. The first-order chi connectivity index (χ1) is 6.97. The second-order valence-corrected chi connectivity index (χ2v) is 4.36. The molecule has 0 fully saturated rings. The van der Waals surface area contributed by atoms with Gasteiger partial charge in [-0.1, -0.05) is 11.3 Å². The Bertz CT molecular complexity index is 305. The Morgan fingerprint density at radius 2 is 2.07 bits per heavy atom. The summed E-state index contributed by atoms with van der Waals surface area (Å²) < 4.78 is 40.4. The maximum Gasteiger partial charge on any atom is 0.389 e. The monoisotopic (exact) mass is 260 g/mol. The molecule has 0 saturated carbocycles. The molecule has 0 saturated heterocycles. The minimum atomic E-state index is -4.12. The molecule has 1 rings (SSSR count). The fourth-order valence-corrected chi connectivity index (χ4v) is 1.63. The molecule has 1 heterocycles. The van der Waals surface area contributed by atoms with Crippen LogP contribution in [0, 0.1) is 0 Å². The van der Waals surface area contributed by atoms with Crippen molar-refractivity contribution in [3.63, 3.8) is 0 Å². The molecule has 1 aromatic rings. The van der Waals surface area contributed by atoms with Gasteiger partial charge in [0.05, 0.1) is 0 Å². The Morgan fingerprint density at radius 1 is 1.33 bits per heavy atom. The summed E-state index contributed by atoms with van der Waals surface area (Å²) in [5.74, 6) is 0. The highest BCUT2D eigenvalue weighted by Crippen LogP contribution is 2.21. The third-order valence-electron chi connectivity index (χ3n) is 1.42. The zero-order chi connectivity index (χ0) is 11.3. The number of halogens is 4. The molecule has 3 nitrogen and oxygen atoms in total. The van der Waals surface area contributed by atoms with E-state index < -0.39 is 12.6 Å². The van der Waals surface area contributed by atoms with E-state index in [2.05, 4.69) is 10.2 Å². The Balaban J connectivity index is 2.07. The molecule has 1 aromatic heterocycles. The smallest absolute Gasteiger partial charge is 0.374 e. The van der Waals surface area contributed by atoms with Gasteiger partial charge >= 0.3 is 6.18 Å². The van der Waals surface area contributed by atoms with E-state index >= 15 is 0 Å². The minimum Gasteiger partial charge on any atom is -0.374 e. The summed E-state index contributed by atoms with van der Waals surface area (Å²) in [6.07, 6.45) is -4.99. The summed E-state index contributed by atoms with van der Waals surface area (Å²) in [7, 11) is 0. The van der Waals surface area contributed by atoms with Gasteiger partial charge in [-0.15, -0.1) is 10.2 Å². The molecule has 0 aliphatic rings. The lowest BCUT2D eigenvalue weighted by Crippen LogP contribution is -2.08. The van der Waals surface area contributed by atoms with Gasteiger partial charge in [0.25, 0.3) is 0 Å². The van der Waals surface area contributed by atoms with Crippen LogP contribution in [0.3, 0.4) is 0 Å². The second-order valence-electron chi connectivity index (χ2n) is 2.72. The van der Waals surface area contributed by atoms with Crippen molar-refractivity contribution in [2.45, 2.75) is 25.6 Å². The molecular formula is C7H8ClF3N2OS. The standard InChI is InChI=1S/C7H8ClF3N2OS/c8-6-13-12-5(15-6)4-14-3-1-2-7(9,10)11/h1-4H2. The van der Waals surface area contributed by atoms with E-state index in [1.54, 1.807) is 0 Å². The van der Waals surface area contributed by atoms with Gasteiger partial charge in [0.15, 0.2) is 0 Å². The van der Waals surface area contributed by atoms with Crippen molar-refractivity contribution in [2.24, 2.45) is 0 Å². The number of aromatic nitrogens is 2. The van der Waals surface area contributed by atoms with Gasteiger partial charge < -0.3 is 4.74 Å². The number of hydrogen-bond donors (Lipinski definition) is 0. The number of nitrogens with zero attached hydrogens (tertiary/aromatic N) is 2. The largest absolute Gasteiger partial charge is 0.389 e. The highest BCUT2D eigenvalue weighted by atomic mass is 35.5. The SMILES string of the molecule is FC(F)(F)CCCOCc1nnc(Cl)s1. The Labute approximate surface area is 93.2 Å². The summed E-state index contributed by atoms with van der Waals surface area (Å²) in [6, 6.07) is 0. The van der Waals surface area contributed by atoms with Crippen LogP contribution in [0.15, 0.2) is 0 Å². The van der Waals surface area contributed by atoms with Crippen LogP contribution in [0.5, 0.6) is 0 Å². The normalized spacial score (nSPS) is 12.0. The van der Waals surface area contributed by atoms with Gasteiger partial charge in [-0.2, -0.15) is 13.2 Å². The molecule has 15 heavy (non-hydrogen) atoms. The van der Waals surface area contributed by atoms with Gasteiger partial charge in [-0.05, 0) is 18.0 Å². The highest BCUT2D eigenvalue weighted by molar-refractivity contribution is 7.15. The van der Waals surface area contributed by atoms with Crippen molar-refractivity contribution >= 4 is 22.9 Å². The minimum absolute atomic E-state index is 0.0456. The molecule has 0 amide bonds. The molecule has 0 bridgehead atoms. The molecule has 0 N–H and O–H groups in total. The van der Waals surface area contributed by atoms with Crippen molar-refractivity contribution < 1.29 is 17.9 Å². The fraction of sp³-hybridized carbons (Fsp3) is 0.714. The summed E-state index contributed by atoms with van der Waals surface area (Å²) in [4.78, 5) is 0. The van der Waals surface area contributed by atoms with Crippen molar-refractivity contribution in [3.05, 3.63) is 9.47 Å². The molecule has 8 heteroatoms. The summed E-state index contributed by atoms with van der Waals surface area (Å²) in [6.45, 7) is 0.207. The van der Waals surface area contributed by atoms with Crippen LogP contribution in [-0.4, -0.2) is 23.0 Å². The van der Waals surface area contributed by atoms with Gasteiger partial charge in [0.2, 0.25) is 4.47 Å². The van der Waals surface area contributed by atoms with Crippen molar-refractivity contribution in [3.8, 4) is 0 Å². The van der Waals surface area contributed by atoms with E-state index in [-0.39, 0.29) is 19.6 Å². The van der Waals surface area contributed by atoms with Gasteiger partial charge in [-0.3, -0.25) is 0 Å². The lowest BCUT2D eigenvalue weighted by atomic mass is 10.3. The molecule has 0 spiro atoms. The van der Waals surface area contributed by atoms with E-state index in [9.17, 15) is 13.2 Å². The third kappa shape index (κ3) is 5.91. The van der Waals surface area contributed by atoms with Crippen LogP contribution in [-0.2, 0) is 11.3 Å². The molecule has 0 aliphatic heterocycles. The molecule has 0 unspecified atom stereocenters. The van der Waals surface area contributed by atoms with Crippen LogP contribution >= 0.6 is 22.9 Å². The predicted octanol–water partition coefficient (Wildman–Crippen LogP) is 3.05.